The van der Waals surface area contributed by atoms with Crippen LogP contribution in [-0.2, 0) is 10.2 Å². The van der Waals surface area contributed by atoms with Gasteiger partial charge < -0.3 is 5.11 Å². The fourth-order valence-corrected chi connectivity index (χ4v) is 3.84. The summed E-state index contributed by atoms with van der Waals surface area (Å²) in [6.45, 7) is 7.10. The molecule has 5 nitrogen and oxygen atoms in total. The Morgan fingerprint density at radius 1 is 1.39 bits per heavy atom. The number of nitrogens with zero attached hydrogens (tertiary/aromatic N) is 1. The molecule has 1 atom stereocenters. The zero-order valence-electron chi connectivity index (χ0n) is 11.6. The lowest BCUT2D eigenvalue weighted by atomic mass is 9.97. The minimum atomic E-state index is -3.43. The first kappa shape index (κ1) is 15.9. The Morgan fingerprint density at radius 2 is 1.94 bits per heavy atom. The van der Waals surface area contributed by atoms with Gasteiger partial charge >= 0.3 is 0 Å². The number of aliphatic hydroxyl groups excluding tert-OH is 1. The molecule has 1 aliphatic heterocycles. The molecule has 1 unspecified atom stereocenters. The molecule has 0 aromatic carbocycles. The van der Waals surface area contributed by atoms with Crippen LogP contribution in [0.3, 0.4) is 0 Å². The van der Waals surface area contributed by atoms with Gasteiger partial charge in [0.2, 0.25) is 0 Å². The highest BCUT2D eigenvalue weighted by molar-refractivity contribution is 7.87. The number of hydrogen-bond donors (Lipinski definition) is 2. The molecule has 0 aromatic rings. The molecule has 1 fully saturated rings. The summed E-state index contributed by atoms with van der Waals surface area (Å²) in [5.74, 6) is 0.603. The SMILES string of the molecule is CCC(C)(CCO)NS(=O)(=O)N1CCC(C)CC1. The average molecular weight is 278 g/mol. The van der Waals surface area contributed by atoms with Crippen molar-refractivity contribution in [2.45, 2.75) is 52.0 Å². The zero-order chi connectivity index (χ0) is 13.8. The predicted molar refractivity (Wildman–Crippen MR) is 72.4 cm³/mol. The second-order valence-corrected chi connectivity index (χ2v) is 7.25. The summed E-state index contributed by atoms with van der Waals surface area (Å²) in [6, 6.07) is 0. The van der Waals surface area contributed by atoms with Gasteiger partial charge in [0.05, 0.1) is 0 Å². The monoisotopic (exact) mass is 278 g/mol. The maximum atomic E-state index is 12.3. The van der Waals surface area contributed by atoms with Gasteiger partial charge in [-0.1, -0.05) is 13.8 Å². The van der Waals surface area contributed by atoms with E-state index in [4.69, 9.17) is 5.11 Å². The molecule has 1 saturated heterocycles. The summed E-state index contributed by atoms with van der Waals surface area (Å²) in [5.41, 5.74) is -0.559. The Kier molecular flexibility index (Phi) is 5.58. The van der Waals surface area contributed by atoms with E-state index in [1.165, 1.54) is 4.31 Å². The van der Waals surface area contributed by atoms with Crippen LogP contribution in [0.1, 0.15) is 46.5 Å². The second kappa shape index (κ2) is 6.32. The minimum absolute atomic E-state index is 0.0100. The lowest BCUT2D eigenvalue weighted by Crippen LogP contribution is -2.53. The Labute approximate surface area is 111 Å². The smallest absolute Gasteiger partial charge is 0.279 e. The number of rotatable bonds is 6. The number of piperidine rings is 1. The van der Waals surface area contributed by atoms with Gasteiger partial charge in [-0.25, -0.2) is 0 Å². The lowest BCUT2D eigenvalue weighted by Gasteiger charge is -2.35. The quantitative estimate of drug-likeness (QED) is 0.764. The van der Waals surface area contributed by atoms with Crippen molar-refractivity contribution in [1.29, 1.82) is 0 Å². The summed E-state index contributed by atoms with van der Waals surface area (Å²) >= 11 is 0. The van der Waals surface area contributed by atoms with Gasteiger partial charge in [-0.3, -0.25) is 0 Å². The van der Waals surface area contributed by atoms with Gasteiger partial charge in [0, 0.05) is 25.2 Å². The van der Waals surface area contributed by atoms with Gasteiger partial charge in [0.15, 0.2) is 0 Å². The van der Waals surface area contributed by atoms with E-state index in [2.05, 4.69) is 11.6 Å². The Bertz CT molecular complexity index is 350. The molecule has 1 rings (SSSR count). The first-order valence-electron chi connectivity index (χ1n) is 6.73. The topological polar surface area (TPSA) is 69.6 Å². The fourth-order valence-electron chi connectivity index (χ4n) is 2.15. The van der Waals surface area contributed by atoms with E-state index in [1.54, 1.807) is 0 Å². The molecule has 1 aliphatic rings. The van der Waals surface area contributed by atoms with Gasteiger partial charge in [-0.15, -0.1) is 0 Å². The molecule has 0 amide bonds. The van der Waals surface area contributed by atoms with Crippen molar-refractivity contribution < 1.29 is 13.5 Å². The maximum absolute atomic E-state index is 12.3. The molecule has 0 saturated carbocycles. The molecule has 0 aliphatic carbocycles. The highest BCUT2D eigenvalue weighted by Gasteiger charge is 2.33. The predicted octanol–water partition coefficient (Wildman–Crippen LogP) is 1.10. The highest BCUT2D eigenvalue weighted by Crippen LogP contribution is 2.21. The second-order valence-electron chi connectivity index (χ2n) is 5.58. The van der Waals surface area contributed by atoms with E-state index in [1.807, 2.05) is 13.8 Å². The van der Waals surface area contributed by atoms with E-state index in [9.17, 15) is 8.42 Å². The van der Waals surface area contributed by atoms with E-state index in [0.29, 0.717) is 31.8 Å². The van der Waals surface area contributed by atoms with Gasteiger partial charge in [-0.05, 0) is 38.5 Å². The van der Waals surface area contributed by atoms with Gasteiger partial charge in [0.1, 0.15) is 0 Å². The highest BCUT2D eigenvalue weighted by atomic mass is 32.2. The summed E-state index contributed by atoms with van der Waals surface area (Å²) in [4.78, 5) is 0. The van der Waals surface area contributed by atoms with Crippen LogP contribution in [0.4, 0.5) is 0 Å². The molecule has 1 heterocycles. The standard InChI is InChI=1S/C12H26N2O3S/c1-4-12(3,7-10-15)13-18(16,17)14-8-5-11(2)6-9-14/h11,13,15H,4-10H2,1-3H3. The molecule has 0 bridgehead atoms. The van der Waals surface area contributed by atoms with Crippen molar-refractivity contribution in [3.05, 3.63) is 0 Å². The third-order valence-corrected chi connectivity index (χ3v) is 5.70. The van der Waals surface area contributed by atoms with Crippen molar-refractivity contribution in [3.63, 3.8) is 0 Å². The van der Waals surface area contributed by atoms with Crippen LogP contribution in [0, 0.1) is 5.92 Å². The molecule has 0 spiro atoms. The number of hydrogen-bond acceptors (Lipinski definition) is 3. The Morgan fingerprint density at radius 3 is 2.39 bits per heavy atom. The molecule has 6 heteroatoms. The summed E-state index contributed by atoms with van der Waals surface area (Å²) in [5, 5.41) is 9.03. The Balaban J connectivity index is 2.69. The van der Waals surface area contributed by atoms with Crippen LogP contribution in [0.15, 0.2) is 0 Å². The minimum Gasteiger partial charge on any atom is -0.396 e. The molecule has 0 aromatic heterocycles. The largest absolute Gasteiger partial charge is 0.396 e. The lowest BCUT2D eigenvalue weighted by molar-refractivity contribution is 0.226. The molecule has 108 valence electrons. The van der Waals surface area contributed by atoms with Crippen molar-refractivity contribution in [2.75, 3.05) is 19.7 Å². The fraction of sp³-hybridized carbons (Fsp3) is 1.00. The van der Waals surface area contributed by atoms with Crippen molar-refractivity contribution in [2.24, 2.45) is 5.92 Å². The summed E-state index contributed by atoms with van der Waals surface area (Å²) in [6.07, 6.45) is 2.94. The molecular weight excluding hydrogens is 252 g/mol. The molecule has 0 radical (unpaired) electrons. The van der Waals surface area contributed by atoms with Crippen molar-refractivity contribution in [3.8, 4) is 0 Å². The number of aliphatic hydroxyl groups is 1. The molecular formula is C12H26N2O3S. The maximum Gasteiger partial charge on any atom is 0.279 e. The summed E-state index contributed by atoms with van der Waals surface area (Å²) < 4.78 is 28.8. The van der Waals surface area contributed by atoms with E-state index in [0.717, 1.165) is 12.8 Å². The summed E-state index contributed by atoms with van der Waals surface area (Å²) in [7, 11) is -3.43. The average Bonchev–Trinajstić information content (AvgIpc) is 2.29. The van der Waals surface area contributed by atoms with Crippen LogP contribution < -0.4 is 4.72 Å². The molecule has 18 heavy (non-hydrogen) atoms. The van der Waals surface area contributed by atoms with E-state index >= 15 is 0 Å². The normalized spacial score (nSPS) is 22.9. The van der Waals surface area contributed by atoms with Crippen LogP contribution in [-0.4, -0.2) is 43.1 Å². The van der Waals surface area contributed by atoms with Crippen molar-refractivity contribution >= 4 is 10.2 Å². The van der Waals surface area contributed by atoms with Crippen LogP contribution in [0.25, 0.3) is 0 Å². The van der Waals surface area contributed by atoms with Gasteiger partial charge in [0.25, 0.3) is 10.2 Å². The van der Waals surface area contributed by atoms with Gasteiger partial charge in [-0.2, -0.15) is 17.4 Å². The zero-order valence-corrected chi connectivity index (χ0v) is 12.5. The number of nitrogens with one attached hydrogen (secondary N) is 1. The first-order chi connectivity index (χ1) is 8.33. The van der Waals surface area contributed by atoms with E-state index in [-0.39, 0.29) is 6.61 Å². The van der Waals surface area contributed by atoms with Crippen LogP contribution in [0.5, 0.6) is 0 Å². The first-order valence-corrected chi connectivity index (χ1v) is 8.17. The Hall–Kier alpha value is -0.170. The third-order valence-electron chi connectivity index (χ3n) is 3.90. The van der Waals surface area contributed by atoms with Crippen LogP contribution >= 0.6 is 0 Å². The van der Waals surface area contributed by atoms with Crippen molar-refractivity contribution in [1.82, 2.24) is 9.03 Å². The van der Waals surface area contributed by atoms with Crippen LogP contribution in [0.2, 0.25) is 0 Å². The third kappa shape index (κ3) is 4.19. The molecule has 2 N–H and O–H groups in total. The van der Waals surface area contributed by atoms with E-state index < -0.39 is 15.7 Å².